The number of sulfonamides is 1. The number of rotatable bonds is 10. The Morgan fingerprint density at radius 3 is 2.78 bits per heavy atom. The molecule has 2 unspecified atom stereocenters. The van der Waals surface area contributed by atoms with Crippen molar-refractivity contribution in [3.8, 4) is 11.1 Å². The molecule has 0 bridgehead atoms. The molecule has 1 aliphatic heterocycles. The van der Waals surface area contributed by atoms with Crippen LogP contribution in [0.2, 0.25) is 0 Å². The maximum absolute atomic E-state index is 12.8. The van der Waals surface area contributed by atoms with Crippen molar-refractivity contribution in [3.05, 3.63) is 78.0 Å². The van der Waals surface area contributed by atoms with Crippen LogP contribution in [0.25, 0.3) is 22.0 Å². The van der Waals surface area contributed by atoms with E-state index in [0.29, 0.717) is 37.5 Å². The number of piperidine rings is 1. The predicted octanol–water partition coefficient (Wildman–Crippen LogP) is 4.15. The van der Waals surface area contributed by atoms with E-state index in [-0.39, 0.29) is 30.0 Å². The Balaban J connectivity index is 1.48. The minimum absolute atomic E-state index is 0.0886. The molecule has 0 spiro atoms. The van der Waals surface area contributed by atoms with E-state index in [1.165, 1.54) is 0 Å². The number of thiocarbonyl (C=S) groups is 1. The summed E-state index contributed by atoms with van der Waals surface area (Å²) in [5.41, 5.74) is 11.6. The van der Waals surface area contributed by atoms with Crippen molar-refractivity contribution in [2.45, 2.75) is 45.7 Å². The van der Waals surface area contributed by atoms with Crippen molar-refractivity contribution in [3.63, 3.8) is 0 Å². The molecule has 4 N–H and O–H groups in total. The molecule has 2 aromatic heterocycles. The van der Waals surface area contributed by atoms with Gasteiger partial charge >= 0.3 is 0 Å². The minimum Gasteiger partial charge on any atom is -0.389 e. The molecule has 4 aromatic rings. The first kappa shape index (κ1) is 29.0. The maximum atomic E-state index is 12.8. The lowest BCUT2D eigenvalue weighted by molar-refractivity contribution is -0.120. The Hall–Kier alpha value is -3.54. The number of hydrogen-bond donors (Lipinski definition) is 3. The summed E-state index contributed by atoms with van der Waals surface area (Å²) in [5, 5.41) is 4.08. The number of imidazole rings is 1. The number of nitrogens with two attached hydrogens (primary N) is 1. The zero-order chi connectivity index (χ0) is 29.1. The molecule has 1 fully saturated rings. The van der Waals surface area contributed by atoms with Crippen LogP contribution >= 0.6 is 12.2 Å². The highest BCUT2D eigenvalue weighted by molar-refractivity contribution is 7.89. The molecule has 0 saturated carbocycles. The van der Waals surface area contributed by atoms with Gasteiger partial charge in [0.25, 0.3) is 0 Å². The van der Waals surface area contributed by atoms with Gasteiger partial charge in [0, 0.05) is 65.8 Å². The molecular formula is C30H36N6O3S2. The Bertz CT molecular complexity index is 1660. The highest BCUT2D eigenvalue weighted by Crippen LogP contribution is 2.38. The van der Waals surface area contributed by atoms with Crippen LogP contribution in [0.1, 0.15) is 49.6 Å². The van der Waals surface area contributed by atoms with E-state index in [4.69, 9.17) is 18.0 Å². The SMILES string of the molecule is CCCS(=O)(=O)N1CCC(n2cc(-c3cccc(C(N)=S)c3)c3ccc(CNC(=O)Cc4cnc[nH]4)cc32)C(C)C1. The van der Waals surface area contributed by atoms with Crippen LogP contribution in [0.15, 0.2) is 61.2 Å². The predicted molar refractivity (Wildman–Crippen MR) is 166 cm³/mol. The number of carbonyl (C=O) groups excluding carboxylic acids is 1. The van der Waals surface area contributed by atoms with Gasteiger partial charge in [0.2, 0.25) is 15.9 Å². The summed E-state index contributed by atoms with van der Waals surface area (Å²) in [5.74, 6) is 0.198. The van der Waals surface area contributed by atoms with Gasteiger partial charge in [0.05, 0.1) is 18.5 Å². The van der Waals surface area contributed by atoms with Gasteiger partial charge in [-0.25, -0.2) is 17.7 Å². The van der Waals surface area contributed by atoms with Crippen LogP contribution in [0.5, 0.6) is 0 Å². The topological polar surface area (TPSA) is 126 Å². The van der Waals surface area contributed by atoms with Gasteiger partial charge in [-0.1, -0.05) is 56.4 Å². The van der Waals surface area contributed by atoms with Crippen molar-refractivity contribution in [1.29, 1.82) is 0 Å². The maximum Gasteiger partial charge on any atom is 0.226 e. The number of aromatic amines is 1. The van der Waals surface area contributed by atoms with Crippen LogP contribution < -0.4 is 11.1 Å². The number of fused-ring (bicyclic) bond motifs is 1. The van der Waals surface area contributed by atoms with Crippen molar-refractivity contribution < 1.29 is 13.2 Å². The molecule has 3 heterocycles. The second kappa shape index (κ2) is 12.1. The number of aromatic nitrogens is 3. The van der Waals surface area contributed by atoms with Crippen LogP contribution in [0, 0.1) is 5.92 Å². The number of nitrogens with one attached hydrogen (secondary N) is 2. The fourth-order valence-corrected chi connectivity index (χ4v) is 7.46. The molecule has 1 aliphatic rings. The summed E-state index contributed by atoms with van der Waals surface area (Å²) in [6, 6.07) is 14.3. The summed E-state index contributed by atoms with van der Waals surface area (Å²) < 4.78 is 29.5. The van der Waals surface area contributed by atoms with E-state index < -0.39 is 10.0 Å². The molecule has 41 heavy (non-hydrogen) atoms. The van der Waals surface area contributed by atoms with E-state index in [1.54, 1.807) is 16.8 Å². The molecular weight excluding hydrogens is 557 g/mol. The van der Waals surface area contributed by atoms with Crippen molar-refractivity contribution >= 4 is 44.0 Å². The van der Waals surface area contributed by atoms with Gasteiger partial charge in [-0.15, -0.1) is 0 Å². The van der Waals surface area contributed by atoms with E-state index in [0.717, 1.165) is 38.9 Å². The second-order valence-corrected chi connectivity index (χ2v) is 13.3. The number of nitrogens with zero attached hydrogens (tertiary/aromatic N) is 3. The second-order valence-electron chi connectivity index (χ2n) is 10.8. The van der Waals surface area contributed by atoms with Crippen molar-refractivity contribution in [2.75, 3.05) is 18.8 Å². The van der Waals surface area contributed by atoms with Gasteiger partial charge in [0.1, 0.15) is 4.99 Å². The normalized spacial score (nSPS) is 18.0. The summed E-state index contributed by atoms with van der Waals surface area (Å²) >= 11 is 5.23. The first-order valence-corrected chi connectivity index (χ1v) is 15.9. The molecule has 0 radical (unpaired) electrons. The van der Waals surface area contributed by atoms with E-state index in [9.17, 15) is 13.2 Å². The van der Waals surface area contributed by atoms with Gasteiger partial charge in [-0.3, -0.25) is 4.79 Å². The van der Waals surface area contributed by atoms with Crippen molar-refractivity contribution in [2.24, 2.45) is 11.7 Å². The fourth-order valence-electron chi connectivity index (χ4n) is 5.72. The Kier molecular flexibility index (Phi) is 8.58. The third kappa shape index (κ3) is 6.37. The lowest BCUT2D eigenvalue weighted by Gasteiger charge is -2.37. The fraction of sp³-hybridized carbons (Fsp3) is 0.367. The molecule has 11 heteroatoms. The summed E-state index contributed by atoms with van der Waals surface area (Å²) in [4.78, 5) is 19.8. The van der Waals surface area contributed by atoms with Gasteiger partial charge in [0.15, 0.2) is 0 Å². The molecule has 5 rings (SSSR count). The van der Waals surface area contributed by atoms with Gasteiger partial charge in [-0.05, 0) is 42.0 Å². The standard InChI is InChI=1S/C30H36N6O3S2/c1-3-11-41(38,39)35-10-9-27(20(2)17-35)36-18-26(22-5-4-6-23(13-22)30(31)40)25-8-7-21(12-28(25)36)15-33-29(37)14-24-16-32-19-34-24/h4-8,12-13,16,18-20,27H,3,9-11,14-15,17H2,1-2H3,(H2,31,40)(H,32,34)(H,33,37). The first-order valence-electron chi connectivity index (χ1n) is 13.9. The quantitative estimate of drug-likeness (QED) is 0.238. The van der Waals surface area contributed by atoms with Crippen LogP contribution in [0.3, 0.4) is 0 Å². The minimum atomic E-state index is -3.25. The smallest absolute Gasteiger partial charge is 0.226 e. The zero-order valence-electron chi connectivity index (χ0n) is 23.3. The number of amides is 1. The summed E-state index contributed by atoms with van der Waals surface area (Å²) in [6.45, 7) is 5.39. The lowest BCUT2D eigenvalue weighted by Crippen LogP contribution is -2.44. The van der Waals surface area contributed by atoms with Crippen LogP contribution in [0.4, 0.5) is 0 Å². The van der Waals surface area contributed by atoms with E-state index >= 15 is 0 Å². The van der Waals surface area contributed by atoms with Crippen LogP contribution in [-0.2, 0) is 27.8 Å². The summed E-state index contributed by atoms with van der Waals surface area (Å²) in [6.07, 6.45) is 6.93. The average molecular weight is 593 g/mol. The monoisotopic (exact) mass is 592 g/mol. The Morgan fingerprint density at radius 2 is 2.07 bits per heavy atom. The largest absolute Gasteiger partial charge is 0.389 e. The Morgan fingerprint density at radius 1 is 1.24 bits per heavy atom. The molecule has 216 valence electrons. The molecule has 1 amide bonds. The highest BCUT2D eigenvalue weighted by atomic mass is 32.2. The average Bonchev–Trinajstić information content (AvgIpc) is 3.59. The molecule has 0 aliphatic carbocycles. The third-order valence-electron chi connectivity index (χ3n) is 7.79. The molecule has 2 aromatic carbocycles. The Labute approximate surface area is 246 Å². The van der Waals surface area contributed by atoms with Crippen LogP contribution in [-0.4, -0.2) is 57.0 Å². The van der Waals surface area contributed by atoms with Gasteiger partial charge < -0.3 is 20.6 Å². The lowest BCUT2D eigenvalue weighted by atomic mass is 9.95. The van der Waals surface area contributed by atoms with E-state index in [1.807, 2.05) is 37.3 Å². The third-order valence-corrected chi connectivity index (χ3v) is 10.1. The zero-order valence-corrected chi connectivity index (χ0v) is 25.0. The van der Waals surface area contributed by atoms with Crippen molar-refractivity contribution in [1.82, 2.24) is 24.2 Å². The molecule has 9 nitrogen and oxygen atoms in total. The first-order chi connectivity index (χ1) is 19.7. The number of hydrogen-bond acceptors (Lipinski definition) is 5. The number of H-pyrrole nitrogens is 1. The number of carbonyl (C=O) groups is 1. The molecule has 2 atom stereocenters. The number of benzene rings is 2. The molecule has 1 saturated heterocycles. The highest BCUT2D eigenvalue weighted by Gasteiger charge is 2.33. The summed E-state index contributed by atoms with van der Waals surface area (Å²) in [7, 11) is -3.25. The van der Waals surface area contributed by atoms with Gasteiger partial charge in [-0.2, -0.15) is 0 Å². The van der Waals surface area contributed by atoms with E-state index in [2.05, 4.69) is 45.1 Å².